The number of hydrogen-bond acceptors (Lipinski definition) is 2. The van der Waals surface area contributed by atoms with Crippen LogP contribution in [0.5, 0.6) is 0 Å². The molecular weight excluding hydrogens is 142 g/mol. The fraction of sp³-hybridized carbons (Fsp3) is 0.375. The average Bonchev–Trinajstić information content (AvgIpc) is 2.32. The van der Waals surface area contributed by atoms with E-state index in [1.54, 1.807) is 6.08 Å². The van der Waals surface area contributed by atoms with Crippen molar-refractivity contribution in [1.82, 2.24) is 4.90 Å². The first-order valence-electron chi connectivity index (χ1n) is 3.44. The van der Waals surface area contributed by atoms with Gasteiger partial charge in [-0.3, -0.25) is 0 Å². The summed E-state index contributed by atoms with van der Waals surface area (Å²) in [6.45, 7) is 0. The van der Waals surface area contributed by atoms with Crippen LogP contribution in [-0.2, 0) is 4.79 Å². The van der Waals surface area contributed by atoms with Gasteiger partial charge in [0.05, 0.1) is 5.57 Å². The molecule has 0 saturated carbocycles. The minimum atomic E-state index is -0.845. The van der Waals surface area contributed by atoms with Crippen LogP contribution in [0.15, 0.2) is 23.4 Å². The molecule has 1 aliphatic carbocycles. The molecule has 0 atom stereocenters. The Morgan fingerprint density at radius 2 is 2.18 bits per heavy atom. The lowest BCUT2D eigenvalue weighted by Gasteiger charge is -2.14. The summed E-state index contributed by atoms with van der Waals surface area (Å²) in [5, 5.41) is 8.70. The average molecular weight is 153 g/mol. The van der Waals surface area contributed by atoms with E-state index in [9.17, 15) is 4.79 Å². The number of carboxylic acid groups (broad SMARTS) is 1. The third-order valence-electron chi connectivity index (χ3n) is 1.62. The minimum absolute atomic E-state index is 0.412. The van der Waals surface area contributed by atoms with Crippen LogP contribution in [0, 0.1) is 0 Å². The number of carboxylic acids is 1. The van der Waals surface area contributed by atoms with E-state index >= 15 is 0 Å². The fourth-order valence-electron chi connectivity index (χ4n) is 1.12. The summed E-state index contributed by atoms with van der Waals surface area (Å²) < 4.78 is 0. The number of rotatable bonds is 2. The largest absolute Gasteiger partial charge is 0.478 e. The smallest absolute Gasteiger partial charge is 0.337 e. The van der Waals surface area contributed by atoms with E-state index in [4.69, 9.17) is 5.11 Å². The molecule has 1 rings (SSSR count). The zero-order valence-electron chi connectivity index (χ0n) is 6.66. The van der Waals surface area contributed by atoms with Crippen molar-refractivity contribution in [3.8, 4) is 0 Å². The van der Waals surface area contributed by atoms with Crippen molar-refractivity contribution in [1.29, 1.82) is 0 Å². The molecule has 0 amide bonds. The van der Waals surface area contributed by atoms with Crippen LogP contribution < -0.4 is 0 Å². The standard InChI is InChI=1S/C8H11NO2/c1-9(2)7-5-3-4-6(7)8(10)11/h4-5H,3H2,1-2H3,(H,10,11). The zero-order chi connectivity index (χ0) is 8.43. The molecule has 3 heteroatoms. The van der Waals surface area contributed by atoms with Gasteiger partial charge in [0, 0.05) is 19.8 Å². The van der Waals surface area contributed by atoms with Gasteiger partial charge in [-0.2, -0.15) is 0 Å². The van der Waals surface area contributed by atoms with Crippen molar-refractivity contribution in [3.05, 3.63) is 23.4 Å². The SMILES string of the molecule is CN(C)C1=CCC=C1C(=O)O. The molecule has 0 unspecified atom stereocenters. The predicted molar refractivity (Wildman–Crippen MR) is 42.1 cm³/mol. The molecule has 0 fully saturated rings. The Hall–Kier alpha value is -1.25. The molecule has 3 nitrogen and oxygen atoms in total. The second kappa shape index (κ2) is 2.78. The second-order valence-corrected chi connectivity index (χ2v) is 2.64. The van der Waals surface area contributed by atoms with Crippen LogP contribution >= 0.6 is 0 Å². The molecule has 0 bridgehead atoms. The summed E-state index contributed by atoms with van der Waals surface area (Å²) in [4.78, 5) is 12.4. The maximum Gasteiger partial charge on any atom is 0.337 e. The van der Waals surface area contributed by atoms with Crippen LogP contribution in [0.2, 0.25) is 0 Å². The third kappa shape index (κ3) is 1.42. The van der Waals surface area contributed by atoms with E-state index in [-0.39, 0.29) is 0 Å². The third-order valence-corrected chi connectivity index (χ3v) is 1.62. The summed E-state index contributed by atoms with van der Waals surface area (Å²) in [6, 6.07) is 0. The van der Waals surface area contributed by atoms with Crippen LogP contribution in [0.3, 0.4) is 0 Å². The minimum Gasteiger partial charge on any atom is -0.478 e. The molecule has 0 heterocycles. The zero-order valence-corrected chi connectivity index (χ0v) is 6.66. The van der Waals surface area contributed by atoms with Gasteiger partial charge in [0.15, 0.2) is 0 Å². The first-order chi connectivity index (χ1) is 5.13. The summed E-state index contributed by atoms with van der Waals surface area (Å²) >= 11 is 0. The normalized spacial score (nSPS) is 15.8. The lowest BCUT2D eigenvalue weighted by Crippen LogP contribution is -2.15. The van der Waals surface area contributed by atoms with Crippen molar-refractivity contribution in [3.63, 3.8) is 0 Å². The Morgan fingerprint density at radius 1 is 1.55 bits per heavy atom. The molecule has 0 aromatic rings. The number of hydrogen-bond donors (Lipinski definition) is 1. The molecule has 11 heavy (non-hydrogen) atoms. The highest BCUT2D eigenvalue weighted by atomic mass is 16.4. The van der Waals surface area contributed by atoms with E-state index in [2.05, 4.69) is 0 Å². The van der Waals surface area contributed by atoms with Gasteiger partial charge in [0.1, 0.15) is 0 Å². The molecule has 1 N–H and O–H groups in total. The number of aliphatic carboxylic acids is 1. The molecule has 0 radical (unpaired) electrons. The first-order valence-corrected chi connectivity index (χ1v) is 3.44. The van der Waals surface area contributed by atoms with Gasteiger partial charge in [-0.05, 0) is 6.42 Å². The van der Waals surface area contributed by atoms with Gasteiger partial charge in [-0.25, -0.2) is 4.79 Å². The van der Waals surface area contributed by atoms with Gasteiger partial charge in [0.2, 0.25) is 0 Å². The lowest BCUT2D eigenvalue weighted by atomic mass is 10.2. The quantitative estimate of drug-likeness (QED) is 0.639. The number of allylic oxidation sites excluding steroid dienone is 2. The van der Waals surface area contributed by atoms with E-state index in [1.165, 1.54) is 0 Å². The first kappa shape index (κ1) is 7.85. The maximum atomic E-state index is 10.6. The van der Waals surface area contributed by atoms with E-state index in [1.807, 2.05) is 25.1 Å². The molecule has 1 aliphatic rings. The highest BCUT2D eigenvalue weighted by Gasteiger charge is 2.17. The van der Waals surface area contributed by atoms with Crippen molar-refractivity contribution in [2.24, 2.45) is 0 Å². The van der Waals surface area contributed by atoms with E-state index in [0.29, 0.717) is 5.57 Å². The fourth-order valence-corrected chi connectivity index (χ4v) is 1.12. The predicted octanol–water partition coefficient (Wildman–Crippen LogP) is 0.847. The number of carbonyl (C=O) groups is 1. The van der Waals surface area contributed by atoms with Gasteiger partial charge in [0.25, 0.3) is 0 Å². The second-order valence-electron chi connectivity index (χ2n) is 2.64. The lowest BCUT2D eigenvalue weighted by molar-refractivity contribution is -0.132. The van der Waals surface area contributed by atoms with Crippen LogP contribution in [0.25, 0.3) is 0 Å². The van der Waals surface area contributed by atoms with Gasteiger partial charge in [-0.1, -0.05) is 12.2 Å². The molecule has 0 saturated heterocycles. The molecule has 0 aromatic carbocycles. The molecule has 0 aromatic heterocycles. The van der Waals surface area contributed by atoms with E-state index < -0.39 is 5.97 Å². The Balaban J connectivity index is 2.84. The van der Waals surface area contributed by atoms with Gasteiger partial charge in [-0.15, -0.1) is 0 Å². The Morgan fingerprint density at radius 3 is 2.55 bits per heavy atom. The highest BCUT2D eigenvalue weighted by molar-refractivity contribution is 5.92. The summed E-state index contributed by atoms with van der Waals surface area (Å²) in [5.74, 6) is -0.845. The van der Waals surface area contributed by atoms with Crippen LogP contribution in [-0.4, -0.2) is 30.1 Å². The number of likely N-dealkylation sites (N-methyl/N-ethyl adjacent to an activating group) is 1. The van der Waals surface area contributed by atoms with Crippen LogP contribution in [0.1, 0.15) is 6.42 Å². The van der Waals surface area contributed by atoms with Crippen molar-refractivity contribution in [2.45, 2.75) is 6.42 Å². The van der Waals surface area contributed by atoms with Gasteiger partial charge >= 0.3 is 5.97 Å². The Labute approximate surface area is 65.6 Å². The number of nitrogens with zero attached hydrogens (tertiary/aromatic N) is 1. The molecule has 0 aliphatic heterocycles. The van der Waals surface area contributed by atoms with Gasteiger partial charge < -0.3 is 10.0 Å². The maximum absolute atomic E-state index is 10.6. The Bertz CT molecular complexity index is 238. The van der Waals surface area contributed by atoms with Crippen molar-refractivity contribution < 1.29 is 9.90 Å². The summed E-state index contributed by atoms with van der Waals surface area (Å²) in [6.07, 6.45) is 4.36. The summed E-state index contributed by atoms with van der Waals surface area (Å²) in [7, 11) is 3.68. The molecule has 60 valence electrons. The van der Waals surface area contributed by atoms with E-state index in [0.717, 1.165) is 12.1 Å². The topological polar surface area (TPSA) is 40.5 Å². The van der Waals surface area contributed by atoms with Crippen LogP contribution in [0.4, 0.5) is 0 Å². The van der Waals surface area contributed by atoms with Crippen molar-refractivity contribution in [2.75, 3.05) is 14.1 Å². The highest BCUT2D eigenvalue weighted by Crippen LogP contribution is 2.20. The molecule has 0 spiro atoms. The Kier molecular flexibility index (Phi) is 1.98. The summed E-state index contributed by atoms with van der Waals surface area (Å²) in [5.41, 5.74) is 1.22. The molecular formula is C8H11NO2. The monoisotopic (exact) mass is 153 g/mol. The van der Waals surface area contributed by atoms with Crippen molar-refractivity contribution >= 4 is 5.97 Å².